The molecule has 0 aromatic heterocycles. The van der Waals surface area contributed by atoms with Crippen LogP contribution in [-0.4, -0.2) is 16.8 Å². The molecule has 1 heterocycles. The molecule has 0 saturated carbocycles. The summed E-state index contributed by atoms with van der Waals surface area (Å²) in [5.74, 6) is -1.32. The lowest BCUT2D eigenvalue weighted by molar-refractivity contribution is -0.117. The van der Waals surface area contributed by atoms with Crippen molar-refractivity contribution in [2.45, 2.75) is 26.8 Å². The monoisotopic (exact) mass is 321 g/mol. The first-order valence-corrected chi connectivity index (χ1v) is 7.81. The van der Waals surface area contributed by atoms with Crippen molar-refractivity contribution in [3.8, 4) is 0 Å². The largest absolute Gasteiger partial charge is 0.503 e. The van der Waals surface area contributed by atoms with E-state index in [2.05, 4.69) is 0 Å². The van der Waals surface area contributed by atoms with Crippen LogP contribution in [0.5, 0.6) is 0 Å². The summed E-state index contributed by atoms with van der Waals surface area (Å²) in [6, 6.07) is 14.5. The summed E-state index contributed by atoms with van der Waals surface area (Å²) >= 11 is 0. The molecule has 0 radical (unpaired) electrons. The molecule has 2 aromatic carbocycles. The van der Waals surface area contributed by atoms with E-state index in [4.69, 9.17) is 0 Å². The lowest BCUT2D eigenvalue weighted by Gasteiger charge is -2.27. The summed E-state index contributed by atoms with van der Waals surface area (Å²) in [5.41, 5.74) is 3.75. The maximum atomic E-state index is 12.6. The fourth-order valence-corrected chi connectivity index (χ4v) is 3.00. The third-order valence-corrected chi connectivity index (χ3v) is 4.29. The van der Waals surface area contributed by atoms with Gasteiger partial charge in [0, 0.05) is 5.69 Å². The molecule has 1 unspecified atom stereocenters. The van der Waals surface area contributed by atoms with Crippen molar-refractivity contribution >= 4 is 17.4 Å². The SMILES string of the molecule is CC(=O)C1=C(O)C(=O)N(c2ccc(C)cc2)C1c1ccc(C)cc1. The van der Waals surface area contributed by atoms with E-state index >= 15 is 0 Å². The zero-order chi connectivity index (χ0) is 17.4. The van der Waals surface area contributed by atoms with Crippen LogP contribution in [0.3, 0.4) is 0 Å². The van der Waals surface area contributed by atoms with E-state index in [1.807, 2.05) is 62.4 Å². The summed E-state index contributed by atoms with van der Waals surface area (Å²) < 4.78 is 0. The molecular formula is C20H19NO3. The number of nitrogens with zero attached hydrogens (tertiary/aromatic N) is 1. The van der Waals surface area contributed by atoms with Crippen LogP contribution in [0.25, 0.3) is 0 Å². The molecule has 122 valence electrons. The Hall–Kier alpha value is -2.88. The summed E-state index contributed by atoms with van der Waals surface area (Å²) in [6.45, 7) is 5.31. The minimum atomic E-state index is -0.613. The number of hydrogen-bond donors (Lipinski definition) is 1. The molecule has 1 amide bonds. The van der Waals surface area contributed by atoms with Crippen LogP contribution in [0.4, 0.5) is 5.69 Å². The zero-order valence-corrected chi connectivity index (χ0v) is 13.9. The number of hydrogen-bond acceptors (Lipinski definition) is 3. The minimum absolute atomic E-state index is 0.143. The Morgan fingerprint density at radius 1 is 0.958 bits per heavy atom. The van der Waals surface area contributed by atoms with Crippen molar-refractivity contribution < 1.29 is 14.7 Å². The highest BCUT2D eigenvalue weighted by molar-refractivity contribution is 6.16. The van der Waals surface area contributed by atoms with Gasteiger partial charge < -0.3 is 5.11 Å². The van der Waals surface area contributed by atoms with Gasteiger partial charge in [0.15, 0.2) is 11.5 Å². The second-order valence-electron chi connectivity index (χ2n) is 6.14. The van der Waals surface area contributed by atoms with Gasteiger partial charge in [-0.1, -0.05) is 47.5 Å². The van der Waals surface area contributed by atoms with Crippen LogP contribution in [0.15, 0.2) is 59.9 Å². The fraction of sp³-hybridized carbons (Fsp3) is 0.200. The van der Waals surface area contributed by atoms with Crippen molar-refractivity contribution in [2.75, 3.05) is 4.90 Å². The van der Waals surface area contributed by atoms with Crippen molar-refractivity contribution in [1.29, 1.82) is 0 Å². The first kappa shape index (κ1) is 16.0. The van der Waals surface area contributed by atoms with Crippen LogP contribution < -0.4 is 4.90 Å². The highest BCUT2D eigenvalue weighted by Crippen LogP contribution is 2.40. The van der Waals surface area contributed by atoms with Crippen LogP contribution >= 0.6 is 0 Å². The Balaban J connectivity index is 2.16. The molecule has 4 heteroatoms. The van der Waals surface area contributed by atoms with Gasteiger partial charge in [0.25, 0.3) is 5.91 Å². The smallest absolute Gasteiger partial charge is 0.294 e. The maximum absolute atomic E-state index is 12.6. The average molecular weight is 321 g/mol. The number of aryl methyl sites for hydroxylation is 2. The fourth-order valence-electron chi connectivity index (χ4n) is 3.00. The molecular weight excluding hydrogens is 302 g/mol. The van der Waals surface area contributed by atoms with Gasteiger partial charge in [0.1, 0.15) is 0 Å². The number of carbonyl (C=O) groups excluding carboxylic acids is 2. The number of Topliss-reactive ketones (excluding diaryl/α,β-unsaturated/α-hetero) is 1. The second kappa shape index (κ2) is 5.96. The van der Waals surface area contributed by atoms with Crippen LogP contribution in [0.1, 0.15) is 29.7 Å². The first-order chi connectivity index (χ1) is 11.4. The van der Waals surface area contributed by atoms with Gasteiger partial charge in [-0.2, -0.15) is 0 Å². The molecule has 1 N–H and O–H groups in total. The predicted molar refractivity (Wildman–Crippen MR) is 92.9 cm³/mol. The van der Waals surface area contributed by atoms with E-state index in [1.54, 1.807) is 0 Å². The summed E-state index contributed by atoms with van der Waals surface area (Å²) in [4.78, 5) is 26.2. The number of aliphatic hydroxyl groups is 1. The third kappa shape index (κ3) is 2.60. The van der Waals surface area contributed by atoms with Crippen LogP contribution in [0, 0.1) is 13.8 Å². The second-order valence-corrected chi connectivity index (χ2v) is 6.14. The van der Waals surface area contributed by atoms with Crippen molar-refractivity contribution in [3.63, 3.8) is 0 Å². The molecule has 1 aliphatic heterocycles. The molecule has 0 spiro atoms. The highest BCUT2D eigenvalue weighted by Gasteiger charge is 2.43. The highest BCUT2D eigenvalue weighted by atomic mass is 16.3. The van der Waals surface area contributed by atoms with Gasteiger partial charge >= 0.3 is 0 Å². The zero-order valence-electron chi connectivity index (χ0n) is 13.9. The number of rotatable bonds is 3. The molecule has 0 aliphatic carbocycles. The molecule has 24 heavy (non-hydrogen) atoms. The van der Waals surface area contributed by atoms with E-state index in [0.29, 0.717) is 5.69 Å². The van der Waals surface area contributed by atoms with E-state index in [1.165, 1.54) is 11.8 Å². The van der Waals surface area contributed by atoms with Crippen molar-refractivity contribution in [2.24, 2.45) is 0 Å². The van der Waals surface area contributed by atoms with Gasteiger partial charge in [0.05, 0.1) is 11.6 Å². The Morgan fingerprint density at radius 3 is 1.96 bits per heavy atom. The maximum Gasteiger partial charge on any atom is 0.294 e. The molecule has 4 nitrogen and oxygen atoms in total. The standard InChI is InChI=1S/C20H19NO3/c1-12-4-8-15(9-5-12)18-17(14(3)22)19(23)20(24)21(18)16-10-6-13(2)7-11-16/h4-11,18,23H,1-3H3. The van der Waals surface area contributed by atoms with Gasteiger partial charge in [-0.15, -0.1) is 0 Å². The number of anilines is 1. The minimum Gasteiger partial charge on any atom is -0.503 e. The number of carbonyl (C=O) groups is 2. The van der Waals surface area contributed by atoms with Gasteiger partial charge in [-0.3, -0.25) is 14.5 Å². The molecule has 2 aromatic rings. The lowest BCUT2D eigenvalue weighted by atomic mass is 9.95. The van der Waals surface area contributed by atoms with Crippen LogP contribution in [-0.2, 0) is 9.59 Å². The van der Waals surface area contributed by atoms with Gasteiger partial charge in [-0.05, 0) is 38.5 Å². The Kier molecular flexibility index (Phi) is 3.97. The molecule has 1 aliphatic rings. The van der Waals surface area contributed by atoms with E-state index in [0.717, 1.165) is 16.7 Å². The number of aliphatic hydroxyl groups excluding tert-OH is 1. The van der Waals surface area contributed by atoms with E-state index in [-0.39, 0.29) is 11.4 Å². The molecule has 1 atom stereocenters. The van der Waals surface area contributed by atoms with Gasteiger partial charge in [0.2, 0.25) is 0 Å². The lowest BCUT2D eigenvalue weighted by Crippen LogP contribution is -2.30. The number of benzene rings is 2. The van der Waals surface area contributed by atoms with Crippen molar-refractivity contribution in [3.05, 3.63) is 76.6 Å². The van der Waals surface area contributed by atoms with Gasteiger partial charge in [-0.25, -0.2) is 0 Å². The van der Waals surface area contributed by atoms with Crippen LogP contribution in [0.2, 0.25) is 0 Å². The van der Waals surface area contributed by atoms with E-state index < -0.39 is 17.7 Å². The summed E-state index contributed by atoms with van der Waals surface area (Å²) in [6.07, 6.45) is 0. The molecule has 0 bridgehead atoms. The average Bonchev–Trinajstić information content (AvgIpc) is 2.81. The molecule has 0 saturated heterocycles. The predicted octanol–water partition coefficient (Wildman–Crippen LogP) is 3.79. The Bertz CT molecular complexity index is 832. The summed E-state index contributed by atoms with van der Waals surface area (Å²) in [7, 11) is 0. The van der Waals surface area contributed by atoms with E-state index in [9.17, 15) is 14.7 Å². The first-order valence-electron chi connectivity index (χ1n) is 7.81. The normalized spacial score (nSPS) is 17.5. The number of ketones is 1. The third-order valence-electron chi connectivity index (χ3n) is 4.29. The molecule has 3 rings (SSSR count). The Labute approximate surface area is 141 Å². The number of amides is 1. The summed E-state index contributed by atoms with van der Waals surface area (Å²) in [5, 5.41) is 10.3. The van der Waals surface area contributed by atoms with Crippen molar-refractivity contribution in [1.82, 2.24) is 0 Å². The molecule has 0 fully saturated rings. The quantitative estimate of drug-likeness (QED) is 0.935. The topological polar surface area (TPSA) is 57.6 Å². The Morgan fingerprint density at radius 2 is 1.46 bits per heavy atom.